The van der Waals surface area contributed by atoms with Crippen LogP contribution >= 0.6 is 23.2 Å². The number of aromatic nitrogens is 7. The van der Waals surface area contributed by atoms with Crippen molar-refractivity contribution in [2.24, 2.45) is 0 Å². The SMILES string of the molecule is O=C(Nc1cnc(-n2nccn2)c(Cl)c1)Nc1cnc2cc(Cl)nn2c1C1(C(F)(F)F)CC1. The molecule has 5 rings (SSSR count). The van der Waals surface area contributed by atoms with Crippen LogP contribution in [0.4, 0.5) is 29.3 Å². The highest BCUT2D eigenvalue weighted by Crippen LogP contribution is 2.60. The molecule has 2 N–H and O–H groups in total. The fourth-order valence-electron chi connectivity index (χ4n) is 3.49. The molecule has 0 saturated heterocycles. The minimum Gasteiger partial charge on any atom is -0.306 e. The standard InChI is InChI=1S/C18H12Cl2F3N9O/c19-10-5-9(7-25-15(10)32-26-3-4-27-32)28-16(33)29-11-8-24-13-6-12(20)30-31(13)14(11)17(1-2-17)18(21,22)23/h3-8H,1-2H2,(H2,28,29,33). The van der Waals surface area contributed by atoms with Crippen LogP contribution in [-0.4, -0.2) is 46.8 Å². The van der Waals surface area contributed by atoms with Gasteiger partial charge in [0.1, 0.15) is 5.41 Å². The molecule has 2 amide bonds. The molecule has 1 fully saturated rings. The summed E-state index contributed by atoms with van der Waals surface area (Å²) in [5, 5.41) is 16.8. The smallest absolute Gasteiger partial charge is 0.306 e. The Morgan fingerprint density at radius 2 is 1.79 bits per heavy atom. The van der Waals surface area contributed by atoms with Gasteiger partial charge in [-0.3, -0.25) is 0 Å². The van der Waals surface area contributed by atoms with E-state index in [1.165, 1.54) is 35.5 Å². The number of hydrogen-bond donors (Lipinski definition) is 2. The highest BCUT2D eigenvalue weighted by atomic mass is 35.5. The van der Waals surface area contributed by atoms with Crippen LogP contribution in [0.1, 0.15) is 18.5 Å². The number of carbonyl (C=O) groups excluding carboxylic acids is 1. The van der Waals surface area contributed by atoms with Gasteiger partial charge in [-0.2, -0.15) is 28.5 Å². The Bertz CT molecular complexity index is 1370. The third-order valence-corrected chi connectivity index (χ3v) is 5.60. The number of alkyl halides is 3. The van der Waals surface area contributed by atoms with Gasteiger partial charge in [-0.1, -0.05) is 23.2 Å². The molecule has 0 bridgehead atoms. The normalized spacial score (nSPS) is 14.9. The lowest BCUT2D eigenvalue weighted by Gasteiger charge is -2.23. The topological polar surface area (TPSA) is 115 Å². The van der Waals surface area contributed by atoms with E-state index in [9.17, 15) is 18.0 Å². The summed E-state index contributed by atoms with van der Waals surface area (Å²) in [5.74, 6) is 0.237. The van der Waals surface area contributed by atoms with E-state index in [-0.39, 0.29) is 51.6 Å². The van der Waals surface area contributed by atoms with E-state index in [1.54, 1.807) is 0 Å². The number of anilines is 2. The molecule has 1 saturated carbocycles. The van der Waals surface area contributed by atoms with Crippen molar-refractivity contribution in [2.75, 3.05) is 10.6 Å². The van der Waals surface area contributed by atoms with Crippen LogP contribution in [0, 0.1) is 0 Å². The van der Waals surface area contributed by atoms with Crippen LogP contribution in [0.15, 0.2) is 36.9 Å². The van der Waals surface area contributed by atoms with Crippen LogP contribution in [-0.2, 0) is 5.41 Å². The minimum atomic E-state index is -4.56. The second-order valence-electron chi connectivity index (χ2n) is 7.26. The van der Waals surface area contributed by atoms with Crippen LogP contribution in [0.25, 0.3) is 11.5 Å². The van der Waals surface area contributed by atoms with Crippen LogP contribution in [0.2, 0.25) is 10.2 Å². The lowest BCUT2D eigenvalue weighted by molar-refractivity contribution is -0.161. The molecular weight excluding hydrogens is 486 g/mol. The average Bonchev–Trinajstić information content (AvgIpc) is 3.20. The molecular formula is C18H12Cl2F3N9O. The Kier molecular flexibility index (Phi) is 4.90. The first-order valence-electron chi connectivity index (χ1n) is 9.40. The van der Waals surface area contributed by atoms with E-state index < -0.39 is 17.6 Å². The number of amides is 2. The van der Waals surface area contributed by atoms with Gasteiger partial charge in [-0.15, -0.1) is 4.80 Å². The Morgan fingerprint density at radius 1 is 1.06 bits per heavy atom. The van der Waals surface area contributed by atoms with E-state index >= 15 is 0 Å². The molecule has 4 aromatic rings. The highest BCUT2D eigenvalue weighted by Gasteiger charge is 2.66. The Balaban J connectivity index is 1.44. The van der Waals surface area contributed by atoms with Gasteiger partial charge >= 0.3 is 12.2 Å². The van der Waals surface area contributed by atoms with E-state index in [0.717, 1.165) is 10.7 Å². The van der Waals surface area contributed by atoms with Crippen molar-refractivity contribution in [2.45, 2.75) is 24.4 Å². The maximum atomic E-state index is 13.9. The molecule has 10 nitrogen and oxygen atoms in total. The monoisotopic (exact) mass is 497 g/mol. The fourth-order valence-corrected chi connectivity index (χ4v) is 3.91. The molecule has 0 unspecified atom stereocenters. The summed E-state index contributed by atoms with van der Waals surface area (Å²) in [4.78, 5) is 22.0. The highest BCUT2D eigenvalue weighted by molar-refractivity contribution is 6.32. The lowest BCUT2D eigenvalue weighted by Crippen LogP contribution is -2.33. The summed E-state index contributed by atoms with van der Waals surface area (Å²) >= 11 is 12.1. The minimum absolute atomic E-state index is 0.0178. The summed E-state index contributed by atoms with van der Waals surface area (Å²) in [6.07, 6.45) is 0.489. The first-order chi connectivity index (χ1) is 15.7. The van der Waals surface area contributed by atoms with Crippen LogP contribution in [0.5, 0.6) is 0 Å². The first-order valence-corrected chi connectivity index (χ1v) is 10.2. The van der Waals surface area contributed by atoms with Crippen molar-refractivity contribution >= 4 is 46.3 Å². The number of hydrogen-bond acceptors (Lipinski definition) is 6. The number of pyridine rings is 1. The third kappa shape index (κ3) is 3.72. The van der Waals surface area contributed by atoms with Gasteiger partial charge in [-0.25, -0.2) is 19.3 Å². The zero-order chi connectivity index (χ0) is 23.4. The second-order valence-corrected chi connectivity index (χ2v) is 8.06. The molecule has 170 valence electrons. The quantitative estimate of drug-likeness (QED) is 0.435. The van der Waals surface area contributed by atoms with Crippen molar-refractivity contribution < 1.29 is 18.0 Å². The van der Waals surface area contributed by atoms with Gasteiger partial charge in [-0.05, 0) is 18.9 Å². The average molecular weight is 498 g/mol. The predicted molar refractivity (Wildman–Crippen MR) is 112 cm³/mol. The van der Waals surface area contributed by atoms with Crippen LogP contribution in [0.3, 0.4) is 0 Å². The lowest BCUT2D eigenvalue weighted by atomic mass is 10.00. The number of fused-ring (bicyclic) bond motifs is 1. The van der Waals surface area contributed by atoms with Crippen molar-refractivity contribution in [3.8, 4) is 5.82 Å². The first kappa shape index (κ1) is 21.4. The Labute approximate surface area is 192 Å². The molecule has 4 aromatic heterocycles. The largest absolute Gasteiger partial charge is 0.400 e. The van der Waals surface area contributed by atoms with Gasteiger partial charge in [0.15, 0.2) is 16.6 Å². The van der Waals surface area contributed by atoms with Gasteiger partial charge < -0.3 is 10.6 Å². The summed E-state index contributed by atoms with van der Waals surface area (Å²) in [6.45, 7) is 0. The summed E-state index contributed by atoms with van der Waals surface area (Å²) < 4.78 is 42.8. The molecule has 1 aliphatic carbocycles. The van der Waals surface area contributed by atoms with Crippen molar-refractivity contribution in [1.29, 1.82) is 0 Å². The third-order valence-electron chi connectivity index (χ3n) is 5.14. The summed E-state index contributed by atoms with van der Waals surface area (Å²) in [6, 6.07) is 1.92. The summed E-state index contributed by atoms with van der Waals surface area (Å²) in [7, 11) is 0. The molecule has 0 aromatic carbocycles. The number of rotatable bonds is 4. The van der Waals surface area contributed by atoms with Crippen molar-refractivity contribution in [3.63, 3.8) is 0 Å². The molecule has 15 heteroatoms. The molecule has 0 atom stereocenters. The number of nitrogens with one attached hydrogen (secondary N) is 2. The maximum absolute atomic E-state index is 13.9. The van der Waals surface area contributed by atoms with Crippen molar-refractivity contribution in [1.82, 2.24) is 34.6 Å². The molecule has 4 heterocycles. The molecule has 0 radical (unpaired) electrons. The number of nitrogens with zero attached hydrogens (tertiary/aromatic N) is 7. The predicted octanol–water partition coefficient (Wildman–Crippen LogP) is 4.25. The number of carbonyl (C=O) groups is 1. The van der Waals surface area contributed by atoms with Gasteiger partial charge in [0.05, 0.1) is 46.9 Å². The van der Waals surface area contributed by atoms with Crippen molar-refractivity contribution in [3.05, 3.63) is 52.8 Å². The maximum Gasteiger partial charge on any atom is 0.400 e. The van der Waals surface area contributed by atoms with E-state index in [1.807, 2.05) is 0 Å². The summed E-state index contributed by atoms with van der Waals surface area (Å²) in [5.41, 5.74) is -2.21. The van der Waals surface area contributed by atoms with Gasteiger partial charge in [0.25, 0.3) is 0 Å². The molecule has 1 aliphatic rings. The number of urea groups is 1. The Morgan fingerprint density at radius 3 is 2.42 bits per heavy atom. The molecule has 0 spiro atoms. The molecule has 33 heavy (non-hydrogen) atoms. The zero-order valence-corrected chi connectivity index (χ0v) is 17.8. The number of halogens is 5. The zero-order valence-electron chi connectivity index (χ0n) is 16.3. The van der Waals surface area contributed by atoms with E-state index in [0.29, 0.717) is 0 Å². The second kappa shape index (κ2) is 7.56. The van der Waals surface area contributed by atoms with E-state index in [4.69, 9.17) is 23.2 Å². The molecule has 0 aliphatic heterocycles. The van der Waals surface area contributed by atoms with Gasteiger partial charge in [0.2, 0.25) is 0 Å². The Hall–Kier alpha value is -3.45. The fraction of sp³-hybridized carbons (Fsp3) is 0.222. The van der Waals surface area contributed by atoms with Crippen LogP contribution < -0.4 is 10.6 Å². The van der Waals surface area contributed by atoms with Gasteiger partial charge in [0, 0.05) is 6.07 Å². The van der Waals surface area contributed by atoms with E-state index in [2.05, 4.69) is 35.9 Å².